The number of hydrogen-bond donors (Lipinski definition) is 0. The van der Waals surface area contributed by atoms with E-state index in [2.05, 4.69) is 5.10 Å². The highest BCUT2D eigenvalue weighted by molar-refractivity contribution is 5.64. The van der Waals surface area contributed by atoms with Gasteiger partial charge in [0, 0.05) is 12.7 Å². The second-order valence-corrected chi connectivity index (χ2v) is 7.10. The molecule has 6 nitrogen and oxygen atoms in total. The van der Waals surface area contributed by atoms with Crippen molar-refractivity contribution in [1.82, 2.24) is 18.9 Å². The van der Waals surface area contributed by atoms with Gasteiger partial charge < -0.3 is 0 Å². The minimum atomic E-state index is -4.60. The summed E-state index contributed by atoms with van der Waals surface area (Å²) in [5, 5.41) is 4.19. The Kier molecular flexibility index (Phi) is 5.08. The van der Waals surface area contributed by atoms with E-state index in [1.807, 2.05) is 0 Å². The van der Waals surface area contributed by atoms with Gasteiger partial charge in [-0.1, -0.05) is 6.07 Å². The molecule has 0 aliphatic carbocycles. The number of rotatable bonds is 3. The summed E-state index contributed by atoms with van der Waals surface area (Å²) in [6.07, 6.45) is -3.17. The molecule has 4 rings (SSSR count). The fourth-order valence-electron chi connectivity index (χ4n) is 3.52. The molecule has 0 bridgehead atoms. The fourth-order valence-corrected chi connectivity index (χ4v) is 3.52. The molecule has 0 atom stereocenters. The topological polar surface area (TPSA) is 61.8 Å². The molecule has 2 aromatic carbocycles. The number of alkyl halides is 3. The van der Waals surface area contributed by atoms with E-state index in [-0.39, 0.29) is 16.9 Å². The van der Waals surface area contributed by atoms with Gasteiger partial charge in [0.1, 0.15) is 5.82 Å². The van der Waals surface area contributed by atoms with E-state index in [4.69, 9.17) is 0 Å². The fraction of sp³-hybridized carbons (Fsp3) is 0.136. The SMILES string of the molecule is Cc1c(-c2ccnn2-c2ccc(F)cc2)c(=O)n(C)c(=O)n1-c1cccc(C(F)(F)F)c1. The van der Waals surface area contributed by atoms with E-state index in [0.717, 1.165) is 21.3 Å². The first-order valence-corrected chi connectivity index (χ1v) is 9.40. The predicted octanol–water partition coefficient (Wildman–Crippen LogP) is 3.86. The van der Waals surface area contributed by atoms with Gasteiger partial charge in [0.25, 0.3) is 5.56 Å². The second kappa shape index (κ2) is 7.63. The van der Waals surface area contributed by atoms with Crippen LogP contribution in [0.5, 0.6) is 0 Å². The van der Waals surface area contributed by atoms with Crippen LogP contribution in [0.3, 0.4) is 0 Å². The van der Waals surface area contributed by atoms with Gasteiger partial charge in [0.05, 0.1) is 34.4 Å². The summed E-state index contributed by atoms with van der Waals surface area (Å²) in [4.78, 5) is 25.9. The van der Waals surface area contributed by atoms with Gasteiger partial charge in [-0.25, -0.2) is 13.9 Å². The number of nitrogens with zero attached hydrogens (tertiary/aromatic N) is 4. The van der Waals surface area contributed by atoms with Gasteiger partial charge in [-0.15, -0.1) is 0 Å². The summed E-state index contributed by atoms with van der Waals surface area (Å²) in [5.74, 6) is -0.451. The Morgan fingerprint density at radius 2 is 1.62 bits per heavy atom. The second-order valence-electron chi connectivity index (χ2n) is 7.10. The lowest BCUT2D eigenvalue weighted by atomic mass is 10.1. The Morgan fingerprint density at radius 1 is 0.938 bits per heavy atom. The van der Waals surface area contributed by atoms with E-state index in [9.17, 15) is 27.2 Å². The third-order valence-corrected chi connectivity index (χ3v) is 5.10. The van der Waals surface area contributed by atoms with E-state index < -0.39 is 28.8 Å². The molecular weight excluding hydrogens is 428 g/mol. The van der Waals surface area contributed by atoms with Crippen LogP contribution >= 0.6 is 0 Å². The number of halogens is 4. The lowest BCUT2D eigenvalue weighted by Gasteiger charge is -2.17. The quantitative estimate of drug-likeness (QED) is 0.451. The Labute approximate surface area is 178 Å². The lowest BCUT2D eigenvalue weighted by molar-refractivity contribution is -0.137. The molecule has 0 unspecified atom stereocenters. The van der Waals surface area contributed by atoms with E-state index in [1.54, 1.807) is 0 Å². The molecule has 0 fully saturated rings. The number of hydrogen-bond acceptors (Lipinski definition) is 3. The summed E-state index contributed by atoms with van der Waals surface area (Å²) in [7, 11) is 1.25. The number of aromatic nitrogens is 4. The van der Waals surface area contributed by atoms with Crippen molar-refractivity contribution < 1.29 is 17.6 Å². The molecule has 2 heterocycles. The van der Waals surface area contributed by atoms with Crippen molar-refractivity contribution in [3.8, 4) is 22.6 Å². The van der Waals surface area contributed by atoms with Crippen molar-refractivity contribution in [1.29, 1.82) is 0 Å². The maximum absolute atomic E-state index is 13.3. The van der Waals surface area contributed by atoms with E-state index in [0.29, 0.717) is 11.4 Å². The highest BCUT2D eigenvalue weighted by Crippen LogP contribution is 2.31. The lowest BCUT2D eigenvalue weighted by Crippen LogP contribution is -2.40. The minimum absolute atomic E-state index is 0.0352. The first kappa shape index (κ1) is 21.3. The van der Waals surface area contributed by atoms with Gasteiger partial charge in [0.2, 0.25) is 0 Å². The van der Waals surface area contributed by atoms with Crippen molar-refractivity contribution >= 4 is 0 Å². The molecule has 0 aliphatic heterocycles. The van der Waals surface area contributed by atoms with Crippen molar-refractivity contribution in [2.45, 2.75) is 13.1 Å². The van der Waals surface area contributed by atoms with E-state index in [1.165, 1.54) is 67.3 Å². The van der Waals surface area contributed by atoms with Crippen LogP contribution in [0.15, 0.2) is 70.4 Å². The van der Waals surface area contributed by atoms with Gasteiger partial charge in [0.15, 0.2) is 0 Å². The zero-order valence-corrected chi connectivity index (χ0v) is 16.9. The summed E-state index contributed by atoms with van der Waals surface area (Å²) in [6.45, 7) is 1.47. The minimum Gasteiger partial charge on any atom is -0.268 e. The summed E-state index contributed by atoms with van der Waals surface area (Å²) in [6, 6.07) is 11.2. The van der Waals surface area contributed by atoms with Crippen LogP contribution in [0.4, 0.5) is 17.6 Å². The summed E-state index contributed by atoms with van der Waals surface area (Å²) < 4.78 is 56.3. The molecule has 0 N–H and O–H groups in total. The van der Waals surface area contributed by atoms with E-state index >= 15 is 0 Å². The van der Waals surface area contributed by atoms with Gasteiger partial charge >= 0.3 is 11.9 Å². The van der Waals surface area contributed by atoms with Crippen LogP contribution < -0.4 is 11.2 Å². The normalized spacial score (nSPS) is 11.7. The predicted molar refractivity (Wildman–Crippen MR) is 110 cm³/mol. The zero-order chi connectivity index (χ0) is 23.2. The summed E-state index contributed by atoms with van der Waals surface area (Å²) >= 11 is 0. The van der Waals surface area contributed by atoms with Crippen molar-refractivity contribution in [2.24, 2.45) is 7.05 Å². The number of benzene rings is 2. The Bertz CT molecular complexity index is 1430. The van der Waals surface area contributed by atoms with Crippen LogP contribution in [-0.2, 0) is 13.2 Å². The molecule has 0 spiro atoms. The van der Waals surface area contributed by atoms with Crippen LogP contribution in [0.25, 0.3) is 22.6 Å². The average Bonchev–Trinajstić information content (AvgIpc) is 3.22. The highest BCUT2D eigenvalue weighted by atomic mass is 19.4. The van der Waals surface area contributed by atoms with Crippen LogP contribution in [0.2, 0.25) is 0 Å². The van der Waals surface area contributed by atoms with Crippen LogP contribution in [0.1, 0.15) is 11.3 Å². The molecular formula is C22H16F4N4O2. The third-order valence-electron chi connectivity index (χ3n) is 5.10. The monoisotopic (exact) mass is 444 g/mol. The maximum Gasteiger partial charge on any atom is 0.416 e. The smallest absolute Gasteiger partial charge is 0.268 e. The molecule has 0 saturated carbocycles. The Hall–Kier alpha value is -3.95. The van der Waals surface area contributed by atoms with Gasteiger partial charge in [-0.05, 0) is 55.5 Å². The molecule has 164 valence electrons. The van der Waals surface area contributed by atoms with Gasteiger partial charge in [-0.2, -0.15) is 18.3 Å². The first-order valence-electron chi connectivity index (χ1n) is 9.40. The Balaban J connectivity index is 2.00. The molecule has 2 aromatic heterocycles. The molecule has 32 heavy (non-hydrogen) atoms. The summed E-state index contributed by atoms with van der Waals surface area (Å²) in [5.41, 5.74) is -1.41. The molecule has 4 aromatic rings. The molecule has 0 amide bonds. The first-order chi connectivity index (χ1) is 15.1. The molecule has 0 saturated heterocycles. The van der Waals surface area contributed by atoms with Crippen molar-refractivity contribution in [2.75, 3.05) is 0 Å². The van der Waals surface area contributed by atoms with Crippen LogP contribution in [-0.4, -0.2) is 18.9 Å². The standard InChI is InChI=1S/C22H16F4N4O2/c1-13-19(18-10-11-27-30(18)16-8-6-15(23)7-9-16)20(31)28(2)21(32)29(13)17-5-3-4-14(12-17)22(24,25)26/h3-12H,1-2H3. The van der Waals surface area contributed by atoms with Crippen molar-refractivity contribution in [3.05, 3.63) is 98.7 Å². The molecule has 10 heteroatoms. The largest absolute Gasteiger partial charge is 0.416 e. The van der Waals surface area contributed by atoms with Crippen molar-refractivity contribution in [3.63, 3.8) is 0 Å². The van der Waals surface area contributed by atoms with Crippen LogP contribution in [0, 0.1) is 12.7 Å². The average molecular weight is 444 g/mol. The van der Waals surface area contributed by atoms with Gasteiger partial charge in [-0.3, -0.25) is 13.9 Å². The zero-order valence-electron chi connectivity index (χ0n) is 16.9. The highest BCUT2D eigenvalue weighted by Gasteiger charge is 2.31. The molecule has 0 aliphatic rings. The Morgan fingerprint density at radius 3 is 2.28 bits per heavy atom. The maximum atomic E-state index is 13.3. The third kappa shape index (κ3) is 3.53. The molecule has 0 radical (unpaired) electrons.